The molecule has 0 unspecified atom stereocenters. The highest BCUT2D eigenvalue weighted by Crippen LogP contribution is 2.24. The molecule has 6 nitrogen and oxygen atoms in total. The Morgan fingerprint density at radius 2 is 1.95 bits per heavy atom. The van der Waals surface area contributed by atoms with Crippen LogP contribution in [0.2, 0.25) is 0 Å². The Morgan fingerprint density at radius 1 is 1.24 bits per heavy atom. The largest absolute Gasteiger partial charge is 0.342 e. The van der Waals surface area contributed by atoms with Crippen molar-refractivity contribution in [3.8, 4) is 28.6 Å². The van der Waals surface area contributed by atoms with Gasteiger partial charge in [-0.25, -0.2) is 0 Å². The molecule has 0 radical (unpaired) electrons. The summed E-state index contributed by atoms with van der Waals surface area (Å²) in [7, 11) is 0. The molecule has 0 atom stereocenters. The summed E-state index contributed by atoms with van der Waals surface area (Å²) in [5, 5.41) is 12.9. The van der Waals surface area contributed by atoms with Crippen molar-refractivity contribution >= 4 is 0 Å². The third-order valence-electron chi connectivity index (χ3n) is 3.10. The number of nitriles is 1. The highest BCUT2D eigenvalue weighted by atomic mass is 16.5. The number of aryl methyl sites for hydroxylation is 1. The molecule has 2 heterocycles. The molecule has 3 aromatic rings. The Balaban J connectivity index is 2.10. The molecule has 1 N–H and O–H groups in total. The van der Waals surface area contributed by atoms with Gasteiger partial charge in [0.25, 0.3) is 5.56 Å². The van der Waals surface area contributed by atoms with Gasteiger partial charge in [-0.1, -0.05) is 29.4 Å². The predicted molar refractivity (Wildman–Crippen MR) is 75.2 cm³/mol. The maximum absolute atomic E-state index is 11.8. The number of aromatic amines is 1. The fourth-order valence-electron chi connectivity index (χ4n) is 2.12. The van der Waals surface area contributed by atoms with Gasteiger partial charge in [0.15, 0.2) is 0 Å². The van der Waals surface area contributed by atoms with Crippen LogP contribution in [0.4, 0.5) is 0 Å². The molecular formula is C15H10N4O2. The first-order valence-electron chi connectivity index (χ1n) is 6.20. The lowest BCUT2D eigenvalue weighted by atomic mass is 10.00. The zero-order chi connectivity index (χ0) is 14.8. The highest BCUT2D eigenvalue weighted by molar-refractivity contribution is 5.72. The molecule has 0 aliphatic carbocycles. The van der Waals surface area contributed by atoms with Gasteiger partial charge >= 0.3 is 0 Å². The van der Waals surface area contributed by atoms with Gasteiger partial charge in [-0.15, -0.1) is 0 Å². The van der Waals surface area contributed by atoms with E-state index in [0.29, 0.717) is 17.1 Å². The fraction of sp³-hybridized carbons (Fsp3) is 0.0667. The van der Waals surface area contributed by atoms with Crippen molar-refractivity contribution in [1.29, 1.82) is 5.26 Å². The van der Waals surface area contributed by atoms with Crippen LogP contribution in [0.5, 0.6) is 0 Å². The van der Waals surface area contributed by atoms with Crippen LogP contribution >= 0.6 is 0 Å². The van der Waals surface area contributed by atoms with Gasteiger partial charge in [-0.05, 0) is 18.6 Å². The molecule has 0 saturated carbocycles. The normalized spacial score (nSPS) is 10.3. The summed E-state index contributed by atoms with van der Waals surface area (Å²) in [5.74, 6) is 0.490. The average molecular weight is 278 g/mol. The van der Waals surface area contributed by atoms with E-state index in [9.17, 15) is 4.79 Å². The molecule has 0 aliphatic heterocycles. The van der Waals surface area contributed by atoms with Gasteiger partial charge in [0, 0.05) is 16.8 Å². The lowest BCUT2D eigenvalue weighted by molar-refractivity contribution is 0.419. The minimum atomic E-state index is -0.380. The van der Waals surface area contributed by atoms with Crippen LogP contribution in [0.1, 0.15) is 11.3 Å². The molecule has 1 aromatic carbocycles. The SMILES string of the molecule is Cc1cc(-c2ccc(-c3ncon3)cc2)c(C#N)c(=O)[nH]1. The van der Waals surface area contributed by atoms with Crippen LogP contribution in [0, 0.1) is 18.3 Å². The Labute approximate surface area is 119 Å². The fourth-order valence-corrected chi connectivity index (χ4v) is 2.12. The number of benzene rings is 1. The first kappa shape index (κ1) is 12.8. The molecule has 0 bridgehead atoms. The third kappa shape index (κ3) is 2.32. The maximum atomic E-state index is 11.8. The summed E-state index contributed by atoms with van der Waals surface area (Å²) in [4.78, 5) is 18.4. The quantitative estimate of drug-likeness (QED) is 0.775. The third-order valence-corrected chi connectivity index (χ3v) is 3.10. The lowest BCUT2D eigenvalue weighted by Crippen LogP contribution is -2.12. The van der Waals surface area contributed by atoms with E-state index in [1.165, 1.54) is 6.39 Å². The Hall–Kier alpha value is -3.20. The number of nitrogens with zero attached hydrogens (tertiary/aromatic N) is 3. The van der Waals surface area contributed by atoms with Crippen molar-refractivity contribution in [2.45, 2.75) is 6.92 Å². The second-order valence-corrected chi connectivity index (χ2v) is 4.51. The Bertz CT molecular complexity index is 872. The first-order valence-corrected chi connectivity index (χ1v) is 6.20. The number of hydrogen-bond acceptors (Lipinski definition) is 5. The molecule has 0 fully saturated rings. The van der Waals surface area contributed by atoms with Gasteiger partial charge in [-0.3, -0.25) is 4.79 Å². The molecule has 6 heteroatoms. The van der Waals surface area contributed by atoms with E-state index in [4.69, 9.17) is 9.78 Å². The van der Waals surface area contributed by atoms with E-state index in [1.807, 2.05) is 30.3 Å². The molecule has 0 saturated heterocycles. The molecule has 2 aromatic heterocycles. The average Bonchev–Trinajstić information content (AvgIpc) is 3.01. The van der Waals surface area contributed by atoms with Crippen LogP contribution in [0.3, 0.4) is 0 Å². The molecule has 0 spiro atoms. The van der Waals surface area contributed by atoms with Crippen molar-refractivity contribution in [3.63, 3.8) is 0 Å². The summed E-state index contributed by atoms with van der Waals surface area (Å²) in [6.07, 6.45) is 1.26. The van der Waals surface area contributed by atoms with E-state index in [2.05, 4.69) is 15.1 Å². The van der Waals surface area contributed by atoms with Gasteiger partial charge in [0.1, 0.15) is 11.6 Å². The molecule has 0 amide bonds. The molecule has 102 valence electrons. The van der Waals surface area contributed by atoms with E-state index >= 15 is 0 Å². The predicted octanol–water partition coefficient (Wildman–Crippen LogP) is 2.27. The number of pyridine rings is 1. The standard InChI is InChI=1S/C15H10N4O2/c1-9-6-12(13(7-16)15(20)18-9)10-2-4-11(5-3-10)14-17-8-21-19-14/h2-6,8H,1H3,(H,18,20). The first-order chi connectivity index (χ1) is 10.2. The van der Waals surface area contributed by atoms with Crippen molar-refractivity contribution in [2.24, 2.45) is 0 Å². The summed E-state index contributed by atoms with van der Waals surface area (Å²) >= 11 is 0. The van der Waals surface area contributed by atoms with E-state index in [-0.39, 0.29) is 11.1 Å². The summed E-state index contributed by atoms with van der Waals surface area (Å²) in [6.45, 7) is 1.78. The topological polar surface area (TPSA) is 95.6 Å². The molecule has 21 heavy (non-hydrogen) atoms. The van der Waals surface area contributed by atoms with Gasteiger partial charge in [0.05, 0.1) is 0 Å². The second kappa shape index (κ2) is 5.06. The number of aromatic nitrogens is 3. The summed E-state index contributed by atoms with van der Waals surface area (Å²) < 4.78 is 4.70. The van der Waals surface area contributed by atoms with Crippen molar-refractivity contribution in [3.05, 3.63) is 58.3 Å². The van der Waals surface area contributed by atoms with Crippen LogP contribution in [-0.4, -0.2) is 15.1 Å². The van der Waals surface area contributed by atoms with Crippen molar-refractivity contribution < 1.29 is 4.52 Å². The van der Waals surface area contributed by atoms with Crippen LogP contribution in [0.25, 0.3) is 22.5 Å². The molecular weight excluding hydrogens is 268 g/mol. The van der Waals surface area contributed by atoms with Crippen LogP contribution in [-0.2, 0) is 0 Å². The zero-order valence-corrected chi connectivity index (χ0v) is 11.1. The van der Waals surface area contributed by atoms with Gasteiger partial charge in [-0.2, -0.15) is 10.2 Å². The van der Waals surface area contributed by atoms with E-state index in [1.54, 1.807) is 13.0 Å². The maximum Gasteiger partial charge on any atom is 0.266 e. The van der Waals surface area contributed by atoms with Gasteiger partial charge in [0.2, 0.25) is 12.2 Å². The molecule has 0 aliphatic rings. The minimum absolute atomic E-state index is 0.105. The Morgan fingerprint density at radius 3 is 2.57 bits per heavy atom. The highest BCUT2D eigenvalue weighted by Gasteiger charge is 2.11. The lowest BCUT2D eigenvalue weighted by Gasteiger charge is -2.05. The number of nitrogens with one attached hydrogen (secondary N) is 1. The van der Waals surface area contributed by atoms with E-state index < -0.39 is 0 Å². The van der Waals surface area contributed by atoms with Crippen molar-refractivity contribution in [1.82, 2.24) is 15.1 Å². The summed E-state index contributed by atoms with van der Waals surface area (Å²) in [6, 6.07) is 11.0. The Kier molecular flexibility index (Phi) is 3.09. The summed E-state index contributed by atoms with van der Waals surface area (Å²) in [5.41, 5.74) is 2.62. The van der Waals surface area contributed by atoms with Crippen LogP contribution < -0.4 is 5.56 Å². The minimum Gasteiger partial charge on any atom is -0.342 e. The van der Waals surface area contributed by atoms with Gasteiger partial charge < -0.3 is 9.51 Å². The zero-order valence-electron chi connectivity index (χ0n) is 11.1. The monoisotopic (exact) mass is 278 g/mol. The number of hydrogen-bond donors (Lipinski definition) is 1. The number of rotatable bonds is 2. The number of H-pyrrole nitrogens is 1. The smallest absolute Gasteiger partial charge is 0.266 e. The molecule has 3 rings (SSSR count). The van der Waals surface area contributed by atoms with E-state index in [0.717, 1.165) is 11.1 Å². The van der Waals surface area contributed by atoms with Crippen molar-refractivity contribution in [2.75, 3.05) is 0 Å². The van der Waals surface area contributed by atoms with Crippen LogP contribution in [0.15, 0.2) is 46.0 Å². The second-order valence-electron chi connectivity index (χ2n) is 4.51.